The molecule has 1 aromatic rings. The first-order valence-electron chi connectivity index (χ1n) is 7.54. The van der Waals surface area contributed by atoms with E-state index in [0.29, 0.717) is 5.92 Å². The summed E-state index contributed by atoms with van der Waals surface area (Å²) < 4.78 is 5.11. The smallest absolute Gasteiger partial charge is 0.407 e. The second kappa shape index (κ2) is 7.82. The number of amides is 2. The molecule has 0 saturated heterocycles. The summed E-state index contributed by atoms with van der Waals surface area (Å²) in [6.45, 7) is 9.78. The first kappa shape index (κ1) is 18.0. The summed E-state index contributed by atoms with van der Waals surface area (Å²) in [5.74, 6) is 0.195. The molecule has 0 radical (unpaired) electrons. The van der Waals surface area contributed by atoms with E-state index in [9.17, 15) is 9.59 Å². The zero-order chi connectivity index (χ0) is 16.8. The molecule has 0 aliphatic carbocycles. The Labute approximate surface area is 132 Å². The first-order valence-corrected chi connectivity index (χ1v) is 7.54. The monoisotopic (exact) mass is 306 g/mol. The maximum absolute atomic E-state index is 12.0. The molecule has 1 rings (SSSR count). The van der Waals surface area contributed by atoms with E-state index in [-0.39, 0.29) is 18.9 Å². The number of hydrogen-bond donors (Lipinski definition) is 2. The number of anilines is 1. The van der Waals surface area contributed by atoms with Gasteiger partial charge in [0.15, 0.2) is 0 Å². The summed E-state index contributed by atoms with van der Waals surface area (Å²) in [7, 11) is 0. The van der Waals surface area contributed by atoms with Crippen LogP contribution >= 0.6 is 0 Å². The lowest BCUT2D eigenvalue weighted by molar-refractivity contribution is -0.116. The molecule has 1 aromatic carbocycles. The Morgan fingerprint density at radius 2 is 1.82 bits per heavy atom. The molecule has 0 unspecified atom stereocenters. The fraction of sp³-hybridized carbons (Fsp3) is 0.529. The summed E-state index contributed by atoms with van der Waals surface area (Å²) in [4.78, 5) is 23.4. The predicted octanol–water partition coefficient (Wildman–Crippen LogP) is 3.66. The van der Waals surface area contributed by atoms with Crippen molar-refractivity contribution in [2.24, 2.45) is 0 Å². The van der Waals surface area contributed by atoms with Gasteiger partial charge < -0.3 is 15.4 Å². The Bertz CT molecular complexity index is 519. The Hall–Kier alpha value is -2.04. The number of benzene rings is 1. The van der Waals surface area contributed by atoms with Crippen molar-refractivity contribution in [2.45, 2.75) is 52.6 Å². The molecular formula is C17H26N2O3. The van der Waals surface area contributed by atoms with Gasteiger partial charge in [-0.1, -0.05) is 32.0 Å². The molecule has 0 bridgehead atoms. The van der Waals surface area contributed by atoms with Crippen molar-refractivity contribution < 1.29 is 14.3 Å². The van der Waals surface area contributed by atoms with Crippen LogP contribution in [-0.2, 0) is 9.53 Å². The molecule has 0 aliphatic heterocycles. The molecule has 2 N–H and O–H groups in total. The third-order valence-electron chi connectivity index (χ3n) is 2.88. The number of alkyl carbamates (subject to hydrolysis) is 1. The van der Waals surface area contributed by atoms with Gasteiger partial charge in [-0.05, 0) is 38.3 Å². The maximum Gasteiger partial charge on any atom is 0.407 e. The van der Waals surface area contributed by atoms with Gasteiger partial charge in [-0.2, -0.15) is 0 Å². The van der Waals surface area contributed by atoms with Gasteiger partial charge in [0.25, 0.3) is 0 Å². The Morgan fingerprint density at radius 1 is 1.18 bits per heavy atom. The zero-order valence-corrected chi connectivity index (χ0v) is 14.0. The van der Waals surface area contributed by atoms with Gasteiger partial charge in [0.1, 0.15) is 5.60 Å². The number of para-hydroxylation sites is 1. The number of hydrogen-bond acceptors (Lipinski definition) is 3. The number of rotatable bonds is 5. The number of nitrogens with one attached hydrogen (secondary N) is 2. The molecule has 2 amide bonds. The Kier molecular flexibility index (Phi) is 6.40. The summed E-state index contributed by atoms with van der Waals surface area (Å²) >= 11 is 0. The average Bonchev–Trinajstić information content (AvgIpc) is 2.36. The highest BCUT2D eigenvalue weighted by Crippen LogP contribution is 2.23. The fourth-order valence-electron chi connectivity index (χ4n) is 1.92. The second-order valence-electron chi connectivity index (χ2n) is 6.47. The van der Waals surface area contributed by atoms with Crippen molar-refractivity contribution in [1.82, 2.24) is 5.32 Å². The first-order chi connectivity index (χ1) is 10.2. The fourth-order valence-corrected chi connectivity index (χ4v) is 1.92. The molecule has 0 atom stereocenters. The second-order valence-corrected chi connectivity index (χ2v) is 6.47. The van der Waals surface area contributed by atoms with E-state index in [1.807, 2.05) is 24.3 Å². The summed E-state index contributed by atoms with van der Waals surface area (Å²) in [5.41, 5.74) is 1.37. The molecule has 0 aromatic heterocycles. The van der Waals surface area contributed by atoms with E-state index in [1.54, 1.807) is 20.8 Å². The van der Waals surface area contributed by atoms with Crippen molar-refractivity contribution >= 4 is 17.7 Å². The van der Waals surface area contributed by atoms with Gasteiger partial charge >= 0.3 is 6.09 Å². The minimum Gasteiger partial charge on any atom is -0.444 e. The topological polar surface area (TPSA) is 67.4 Å². The van der Waals surface area contributed by atoms with E-state index in [4.69, 9.17) is 4.74 Å². The van der Waals surface area contributed by atoms with Crippen molar-refractivity contribution in [1.29, 1.82) is 0 Å². The molecule has 5 heteroatoms. The van der Waals surface area contributed by atoms with Crippen LogP contribution in [0.25, 0.3) is 0 Å². The minimum absolute atomic E-state index is 0.135. The van der Waals surface area contributed by atoms with E-state index >= 15 is 0 Å². The molecular weight excluding hydrogens is 280 g/mol. The summed E-state index contributed by atoms with van der Waals surface area (Å²) in [6, 6.07) is 7.73. The molecule has 0 heterocycles. The zero-order valence-electron chi connectivity index (χ0n) is 14.0. The quantitative estimate of drug-likeness (QED) is 0.872. The lowest BCUT2D eigenvalue weighted by Gasteiger charge is -2.19. The lowest BCUT2D eigenvalue weighted by atomic mass is 10.0. The molecule has 0 aliphatic rings. The number of carbonyl (C=O) groups is 2. The molecule has 0 saturated carbocycles. The summed E-state index contributed by atoms with van der Waals surface area (Å²) in [6.07, 6.45) is -0.311. The van der Waals surface area contributed by atoms with E-state index < -0.39 is 11.7 Å². The SMILES string of the molecule is CC(C)c1ccccc1NC(=O)CCNC(=O)OC(C)(C)C. The molecule has 122 valence electrons. The maximum atomic E-state index is 12.0. The normalized spacial score (nSPS) is 11.2. The standard InChI is InChI=1S/C17H26N2O3/c1-12(2)13-8-6-7-9-14(13)19-15(20)10-11-18-16(21)22-17(3,4)5/h6-9,12H,10-11H2,1-5H3,(H,18,21)(H,19,20). The van der Waals surface area contributed by atoms with Crippen molar-refractivity contribution in [3.05, 3.63) is 29.8 Å². The third kappa shape index (κ3) is 6.61. The molecule has 0 spiro atoms. The van der Waals surface area contributed by atoms with Crippen molar-refractivity contribution in [3.8, 4) is 0 Å². The highest BCUT2D eigenvalue weighted by Gasteiger charge is 2.16. The van der Waals surface area contributed by atoms with Crippen LogP contribution in [0.15, 0.2) is 24.3 Å². The van der Waals surface area contributed by atoms with Crippen LogP contribution in [0.3, 0.4) is 0 Å². The van der Waals surface area contributed by atoms with Crippen LogP contribution in [0.2, 0.25) is 0 Å². The van der Waals surface area contributed by atoms with Gasteiger partial charge in [0.2, 0.25) is 5.91 Å². The lowest BCUT2D eigenvalue weighted by Crippen LogP contribution is -2.34. The van der Waals surface area contributed by atoms with Crippen molar-refractivity contribution in [2.75, 3.05) is 11.9 Å². The minimum atomic E-state index is -0.539. The van der Waals surface area contributed by atoms with E-state index in [2.05, 4.69) is 24.5 Å². The Morgan fingerprint density at radius 3 is 2.41 bits per heavy atom. The average molecular weight is 306 g/mol. The highest BCUT2D eigenvalue weighted by atomic mass is 16.6. The van der Waals surface area contributed by atoms with Crippen LogP contribution in [0.1, 0.15) is 52.5 Å². The van der Waals surface area contributed by atoms with Gasteiger partial charge in [-0.3, -0.25) is 4.79 Å². The Balaban J connectivity index is 2.43. The van der Waals surface area contributed by atoms with Gasteiger partial charge in [-0.25, -0.2) is 4.79 Å². The third-order valence-corrected chi connectivity index (χ3v) is 2.88. The molecule has 5 nitrogen and oxygen atoms in total. The van der Waals surface area contributed by atoms with Gasteiger partial charge in [0.05, 0.1) is 0 Å². The largest absolute Gasteiger partial charge is 0.444 e. The predicted molar refractivity (Wildman–Crippen MR) is 88.0 cm³/mol. The van der Waals surface area contributed by atoms with E-state index in [1.165, 1.54) is 0 Å². The van der Waals surface area contributed by atoms with Crippen LogP contribution in [-0.4, -0.2) is 24.1 Å². The summed E-state index contributed by atoms with van der Waals surface area (Å²) in [5, 5.41) is 5.45. The van der Waals surface area contributed by atoms with Gasteiger partial charge in [-0.15, -0.1) is 0 Å². The van der Waals surface area contributed by atoms with Crippen LogP contribution in [0, 0.1) is 0 Å². The van der Waals surface area contributed by atoms with Crippen LogP contribution in [0.5, 0.6) is 0 Å². The number of ether oxygens (including phenoxy) is 1. The van der Waals surface area contributed by atoms with Gasteiger partial charge in [0, 0.05) is 18.7 Å². The van der Waals surface area contributed by atoms with E-state index in [0.717, 1.165) is 11.3 Å². The molecule has 22 heavy (non-hydrogen) atoms. The highest BCUT2D eigenvalue weighted by molar-refractivity contribution is 5.91. The van der Waals surface area contributed by atoms with Crippen molar-refractivity contribution in [3.63, 3.8) is 0 Å². The molecule has 0 fully saturated rings. The van der Waals surface area contributed by atoms with Crippen LogP contribution < -0.4 is 10.6 Å². The number of carbonyl (C=O) groups excluding carboxylic acids is 2. The van der Waals surface area contributed by atoms with Crippen LogP contribution in [0.4, 0.5) is 10.5 Å².